The summed E-state index contributed by atoms with van der Waals surface area (Å²) in [5.74, 6) is -0.203. The van der Waals surface area contributed by atoms with Crippen LogP contribution in [-0.4, -0.2) is 18.2 Å². The maximum Gasteiger partial charge on any atom is 0.315 e. The van der Waals surface area contributed by atoms with Crippen molar-refractivity contribution in [3.05, 3.63) is 23.8 Å². The Morgan fingerprint density at radius 1 is 1.21 bits per heavy atom. The first-order chi connectivity index (χ1) is 8.64. The summed E-state index contributed by atoms with van der Waals surface area (Å²) in [4.78, 5) is 12.0. The fourth-order valence-electron chi connectivity index (χ4n) is 3.62. The van der Waals surface area contributed by atoms with E-state index in [4.69, 9.17) is 10.5 Å². The Kier molecular flexibility index (Phi) is 2.64. The Hall–Kier alpha value is -1.71. The van der Waals surface area contributed by atoms with Crippen molar-refractivity contribution in [2.75, 3.05) is 12.8 Å². The van der Waals surface area contributed by atoms with Gasteiger partial charge in [-0.05, 0) is 34.6 Å². The maximum atomic E-state index is 12.0. The molecule has 0 atom stereocenters. The minimum atomic E-state index is -0.974. The van der Waals surface area contributed by atoms with Gasteiger partial charge in [0.2, 0.25) is 0 Å². The molecule has 0 spiro atoms. The van der Waals surface area contributed by atoms with Crippen LogP contribution in [0.1, 0.15) is 33.3 Å². The molecule has 0 aliphatic heterocycles. The second kappa shape index (κ2) is 3.65. The lowest BCUT2D eigenvalue weighted by Gasteiger charge is -2.20. The smallest absolute Gasteiger partial charge is 0.315 e. The van der Waals surface area contributed by atoms with Crippen molar-refractivity contribution in [1.29, 1.82) is 0 Å². The lowest BCUT2D eigenvalue weighted by Crippen LogP contribution is -2.29. The number of hydrogen-bond donors (Lipinski definition) is 2. The van der Waals surface area contributed by atoms with Gasteiger partial charge >= 0.3 is 5.97 Å². The molecule has 2 rings (SSSR count). The van der Waals surface area contributed by atoms with Crippen molar-refractivity contribution in [2.24, 2.45) is 10.8 Å². The quantitative estimate of drug-likeness (QED) is 0.822. The van der Waals surface area contributed by atoms with Crippen LogP contribution in [0.4, 0.5) is 5.69 Å². The number of ether oxygens (including phenoxy) is 1. The summed E-state index contributed by atoms with van der Waals surface area (Å²) in [5, 5.41) is 9.82. The van der Waals surface area contributed by atoms with E-state index in [1.807, 2.05) is 27.7 Å². The third kappa shape index (κ3) is 1.32. The molecule has 4 nitrogen and oxygen atoms in total. The molecule has 1 aliphatic rings. The minimum Gasteiger partial charge on any atom is -0.497 e. The van der Waals surface area contributed by atoms with Crippen LogP contribution < -0.4 is 10.5 Å². The van der Waals surface area contributed by atoms with Crippen LogP contribution in [0.2, 0.25) is 0 Å². The van der Waals surface area contributed by atoms with Gasteiger partial charge in [-0.2, -0.15) is 0 Å². The number of carbonyl (C=O) groups is 1. The first-order valence-electron chi connectivity index (χ1n) is 6.32. The number of methoxy groups -OCH3 is 1. The molecule has 1 aromatic carbocycles. The molecule has 0 radical (unpaired) electrons. The zero-order valence-corrected chi connectivity index (χ0v) is 12.1. The summed E-state index contributed by atoms with van der Waals surface area (Å²) in [6.45, 7) is 7.89. The Balaban J connectivity index is 2.71. The van der Waals surface area contributed by atoms with Gasteiger partial charge in [0.25, 0.3) is 0 Å². The van der Waals surface area contributed by atoms with Gasteiger partial charge in [0, 0.05) is 5.69 Å². The Bertz CT molecular complexity index is 532. The molecule has 0 aromatic heterocycles. The zero-order valence-electron chi connectivity index (χ0n) is 12.1. The van der Waals surface area contributed by atoms with Gasteiger partial charge < -0.3 is 15.6 Å². The van der Waals surface area contributed by atoms with Gasteiger partial charge in [0.15, 0.2) is 0 Å². The number of benzene rings is 1. The predicted octanol–water partition coefficient (Wildman–Crippen LogP) is 2.67. The molecule has 1 fully saturated rings. The molecular weight excluding hydrogens is 242 g/mol. The van der Waals surface area contributed by atoms with Crippen molar-refractivity contribution >= 4 is 11.7 Å². The van der Waals surface area contributed by atoms with E-state index in [0.717, 1.165) is 0 Å². The molecule has 3 N–H and O–H groups in total. The van der Waals surface area contributed by atoms with Gasteiger partial charge in [-0.15, -0.1) is 0 Å². The number of nitrogens with two attached hydrogens (primary N) is 1. The second-order valence-electron chi connectivity index (χ2n) is 6.26. The van der Waals surface area contributed by atoms with Crippen LogP contribution in [0.15, 0.2) is 18.2 Å². The standard InChI is InChI=1S/C15H21NO3/c1-13(2)14(3,4)15(13,12(17)18)10-8-9(19-5)6-7-11(10)16/h6-8H,16H2,1-5H3,(H,17,18). The SMILES string of the molecule is COc1ccc(N)c(C2(C(=O)O)C(C)(C)C2(C)C)c1. The van der Waals surface area contributed by atoms with Crippen LogP contribution in [0.25, 0.3) is 0 Å². The number of aliphatic carboxylic acids is 1. The lowest BCUT2D eigenvalue weighted by atomic mass is 9.85. The highest BCUT2D eigenvalue weighted by Crippen LogP contribution is 2.78. The Morgan fingerprint density at radius 2 is 1.74 bits per heavy atom. The third-order valence-corrected chi connectivity index (χ3v) is 5.36. The normalized spacial score (nSPS) is 21.7. The van der Waals surface area contributed by atoms with Crippen molar-refractivity contribution in [3.8, 4) is 5.75 Å². The van der Waals surface area contributed by atoms with Gasteiger partial charge in [-0.1, -0.05) is 27.7 Å². The fraction of sp³-hybridized carbons (Fsp3) is 0.533. The topological polar surface area (TPSA) is 72.5 Å². The molecule has 0 amide bonds. The Morgan fingerprint density at radius 3 is 2.11 bits per heavy atom. The summed E-state index contributed by atoms with van der Waals surface area (Å²) < 4.78 is 5.20. The molecule has 1 saturated carbocycles. The molecule has 4 heteroatoms. The first-order valence-corrected chi connectivity index (χ1v) is 6.32. The summed E-state index contributed by atoms with van der Waals surface area (Å²) in [6.07, 6.45) is 0. The van der Waals surface area contributed by atoms with Gasteiger partial charge in [-0.3, -0.25) is 4.79 Å². The van der Waals surface area contributed by atoms with Crippen molar-refractivity contribution < 1.29 is 14.6 Å². The monoisotopic (exact) mass is 263 g/mol. The van der Waals surface area contributed by atoms with E-state index in [-0.39, 0.29) is 10.8 Å². The first kappa shape index (κ1) is 13.7. The highest BCUT2D eigenvalue weighted by molar-refractivity contribution is 5.91. The number of rotatable bonds is 3. The largest absolute Gasteiger partial charge is 0.497 e. The van der Waals surface area contributed by atoms with E-state index < -0.39 is 11.4 Å². The fourth-order valence-corrected chi connectivity index (χ4v) is 3.62. The number of nitrogen functional groups attached to an aromatic ring is 1. The van der Waals surface area contributed by atoms with Gasteiger partial charge in [0.05, 0.1) is 7.11 Å². The van der Waals surface area contributed by atoms with Crippen molar-refractivity contribution in [3.63, 3.8) is 0 Å². The number of carboxylic acids is 1. The van der Waals surface area contributed by atoms with E-state index >= 15 is 0 Å². The number of carboxylic acid groups (broad SMARTS) is 1. The van der Waals surface area contributed by atoms with Crippen LogP contribution in [0, 0.1) is 10.8 Å². The van der Waals surface area contributed by atoms with Crippen LogP contribution in [-0.2, 0) is 10.2 Å². The molecule has 1 aromatic rings. The number of anilines is 1. The van der Waals surface area contributed by atoms with E-state index in [9.17, 15) is 9.90 Å². The summed E-state index contributed by atoms with van der Waals surface area (Å²) in [5.41, 5.74) is 5.47. The highest BCUT2D eigenvalue weighted by Gasteiger charge is 2.82. The molecule has 0 heterocycles. The summed E-state index contributed by atoms with van der Waals surface area (Å²) in [7, 11) is 1.56. The summed E-state index contributed by atoms with van der Waals surface area (Å²) >= 11 is 0. The van der Waals surface area contributed by atoms with Crippen molar-refractivity contribution in [2.45, 2.75) is 33.1 Å². The second-order valence-corrected chi connectivity index (χ2v) is 6.26. The third-order valence-electron chi connectivity index (χ3n) is 5.36. The van der Waals surface area contributed by atoms with Gasteiger partial charge in [-0.25, -0.2) is 0 Å². The average molecular weight is 263 g/mol. The highest BCUT2D eigenvalue weighted by atomic mass is 16.5. The number of hydrogen-bond acceptors (Lipinski definition) is 3. The molecule has 19 heavy (non-hydrogen) atoms. The molecule has 0 bridgehead atoms. The summed E-state index contributed by atoms with van der Waals surface area (Å²) in [6, 6.07) is 5.21. The van der Waals surface area contributed by atoms with Crippen LogP contribution in [0.3, 0.4) is 0 Å². The van der Waals surface area contributed by atoms with Gasteiger partial charge in [0.1, 0.15) is 11.2 Å². The van der Waals surface area contributed by atoms with E-state index in [0.29, 0.717) is 17.0 Å². The van der Waals surface area contributed by atoms with E-state index in [2.05, 4.69) is 0 Å². The van der Waals surface area contributed by atoms with Crippen molar-refractivity contribution in [1.82, 2.24) is 0 Å². The predicted molar refractivity (Wildman–Crippen MR) is 74.3 cm³/mol. The molecule has 1 aliphatic carbocycles. The molecule has 0 saturated heterocycles. The van der Waals surface area contributed by atoms with Crippen LogP contribution >= 0.6 is 0 Å². The minimum absolute atomic E-state index is 0.369. The molecule has 0 unspecified atom stereocenters. The zero-order chi connectivity index (χ0) is 14.6. The lowest BCUT2D eigenvalue weighted by molar-refractivity contribution is -0.141. The van der Waals surface area contributed by atoms with E-state index in [1.165, 1.54) is 0 Å². The average Bonchev–Trinajstić information content (AvgIpc) is 2.67. The molecule has 104 valence electrons. The molecular formula is C15H21NO3. The maximum absolute atomic E-state index is 12.0. The van der Waals surface area contributed by atoms with E-state index in [1.54, 1.807) is 25.3 Å². The van der Waals surface area contributed by atoms with Crippen LogP contribution in [0.5, 0.6) is 5.75 Å². The Labute approximate surface area is 113 Å².